The fraction of sp³-hybridized carbons (Fsp3) is 0.611. The summed E-state index contributed by atoms with van der Waals surface area (Å²) in [6.45, 7) is 11.9. The maximum atomic E-state index is 13.5. The van der Waals surface area contributed by atoms with Crippen LogP contribution in [0.25, 0.3) is 0 Å². The highest BCUT2D eigenvalue weighted by Crippen LogP contribution is 2.35. The van der Waals surface area contributed by atoms with E-state index < -0.39 is 14.5 Å². The van der Waals surface area contributed by atoms with E-state index in [1.54, 1.807) is 19.5 Å². The van der Waals surface area contributed by atoms with Crippen molar-refractivity contribution in [2.45, 2.75) is 52.4 Å². The molecule has 1 rings (SSSR count). The van der Waals surface area contributed by atoms with E-state index in [4.69, 9.17) is 4.74 Å². The fourth-order valence-electron chi connectivity index (χ4n) is 2.53. The molecule has 0 unspecified atom stereocenters. The van der Waals surface area contributed by atoms with Gasteiger partial charge in [0.2, 0.25) is 0 Å². The van der Waals surface area contributed by atoms with E-state index in [1.807, 2.05) is 18.7 Å². The molecule has 0 heterocycles. The van der Waals surface area contributed by atoms with Gasteiger partial charge in [0.25, 0.3) is 6.43 Å². The van der Waals surface area contributed by atoms with E-state index in [1.165, 1.54) is 6.07 Å². The normalized spacial score (nSPS) is 12.2. The summed E-state index contributed by atoms with van der Waals surface area (Å²) in [6.07, 6.45) is 0.00286. The third-order valence-electron chi connectivity index (χ3n) is 3.80. The van der Waals surface area contributed by atoms with Gasteiger partial charge in [-0.2, -0.15) is 0 Å². The van der Waals surface area contributed by atoms with Gasteiger partial charge in [0.05, 0.1) is 18.5 Å². The Morgan fingerprint density at radius 2 is 1.96 bits per heavy atom. The van der Waals surface area contributed by atoms with Crippen molar-refractivity contribution in [3.05, 3.63) is 23.3 Å². The smallest absolute Gasteiger partial charge is 0.267 e. The number of ether oxygens (including phenoxy) is 1. The molecule has 0 aliphatic rings. The molecule has 24 heavy (non-hydrogen) atoms. The monoisotopic (exact) mass is 356 g/mol. The van der Waals surface area contributed by atoms with Crippen molar-refractivity contribution in [1.82, 2.24) is 0 Å². The lowest BCUT2D eigenvalue weighted by molar-refractivity contribution is 0.145. The summed E-state index contributed by atoms with van der Waals surface area (Å²) in [5, 5.41) is 0. The number of aryl methyl sites for hydroxylation is 1. The number of aliphatic imine (C=N–C) groups is 1. The highest BCUT2D eigenvalue weighted by molar-refractivity contribution is 6.76. The summed E-state index contributed by atoms with van der Waals surface area (Å²) in [7, 11) is 0.540. The Morgan fingerprint density at radius 1 is 1.29 bits per heavy atom. The van der Waals surface area contributed by atoms with Crippen LogP contribution >= 0.6 is 0 Å². The van der Waals surface area contributed by atoms with Gasteiger partial charge in [0.15, 0.2) is 0 Å². The van der Waals surface area contributed by atoms with Gasteiger partial charge >= 0.3 is 0 Å². The maximum absolute atomic E-state index is 13.5. The molecule has 0 spiro atoms. The maximum Gasteiger partial charge on any atom is 0.267 e. The lowest BCUT2D eigenvalue weighted by atomic mass is 10.1. The second-order valence-corrected chi connectivity index (χ2v) is 12.8. The van der Waals surface area contributed by atoms with Crippen molar-refractivity contribution in [3.63, 3.8) is 0 Å². The number of benzene rings is 1. The first-order valence-corrected chi connectivity index (χ1v) is 12.1. The molecule has 0 fully saturated rings. The lowest BCUT2D eigenvalue weighted by Crippen LogP contribution is -2.22. The van der Waals surface area contributed by atoms with Gasteiger partial charge in [-0.1, -0.05) is 25.7 Å². The zero-order chi connectivity index (χ0) is 18.3. The predicted molar refractivity (Wildman–Crippen MR) is 102 cm³/mol. The van der Waals surface area contributed by atoms with Gasteiger partial charge < -0.3 is 9.64 Å². The number of hydrogen-bond donors (Lipinski definition) is 0. The average molecular weight is 357 g/mol. The molecule has 0 radical (unpaired) electrons. The molecule has 1 aromatic rings. The van der Waals surface area contributed by atoms with Gasteiger partial charge in [-0.15, -0.1) is 0 Å². The van der Waals surface area contributed by atoms with Crippen molar-refractivity contribution in [2.24, 2.45) is 4.99 Å². The second-order valence-electron chi connectivity index (χ2n) is 7.15. The Bertz CT molecular complexity index is 557. The molecule has 136 valence electrons. The first-order chi connectivity index (χ1) is 11.2. The van der Waals surface area contributed by atoms with E-state index in [9.17, 15) is 8.78 Å². The van der Waals surface area contributed by atoms with Crippen molar-refractivity contribution in [2.75, 3.05) is 25.1 Å². The summed E-state index contributed by atoms with van der Waals surface area (Å²) >= 11 is 0. The van der Waals surface area contributed by atoms with Gasteiger partial charge in [-0.25, -0.2) is 8.78 Å². The van der Waals surface area contributed by atoms with Crippen LogP contribution in [0.15, 0.2) is 17.1 Å². The number of rotatable bonds is 9. The summed E-state index contributed by atoms with van der Waals surface area (Å²) in [5.74, 6) is 0.298. The van der Waals surface area contributed by atoms with E-state index in [-0.39, 0.29) is 5.56 Å². The third-order valence-corrected chi connectivity index (χ3v) is 5.65. The second kappa shape index (κ2) is 9.16. The SMILES string of the molecule is CCN(C=NC)c1cc(C(F)F)c(OCCC[Si](C)(C)C)cc1C. The fourth-order valence-corrected chi connectivity index (χ4v) is 3.73. The summed E-state index contributed by atoms with van der Waals surface area (Å²) < 4.78 is 32.6. The molecule has 0 aliphatic heterocycles. The topological polar surface area (TPSA) is 24.8 Å². The van der Waals surface area contributed by atoms with E-state index in [0.29, 0.717) is 18.9 Å². The van der Waals surface area contributed by atoms with Crippen molar-refractivity contribution < 1.29 is 13.5 Å². The highest BCUT2D eigenvalue weighted by Gasteiger charge is 2.19. The number of hydrogen-bond acceptors (Lipinski definition) is 2. The van der Waals surface area contributed by atoms with Gasteiger partial charge in [0.1, 0.15) is 5.75 Å². The molecule has 0 amide bonds. The third kappa shape index (κ3) is 6.22. The lowest BCUT2D eigenvalue weighted by Gasteiger charge is -2.22. The van der Waals surface area contributed by atoms with Crippen LogP contribution in [0.3, 0.4) is 0 Å². The van der Waals surface area contributed by atoms with Crippen LogP contribution in [-0.4, -0.2) is 34.6 Å². The first-order valence-electron chi connectivity index (χ1n) is 8.44. The van der Waals surface area contributed by atoms with Crippen LogP contribution in [0.5, 0.6) is 5.75 Å². The molecule has 0 saturated carbocycles. The quantitative estimate of drug-likeness (QED) is 0.252. The molecule has 0 aliphatic carbocycles. The van der Waals surface area contributed by atoms with E-state index in [2.05, 4.69) is 24.6 Å². The molecule has 0 aromatic heterocycles. The minimum Gasteiger partial charge on any atom is -0.493 e. The minimum atomic E-state index is -2.56. The molecular weight excluding hydrogens is 326 g/mol. The number of halogens is 2. The Hall–Kier alpha value is -1.43. The molecule has 0 atom stereocenters. The van der Waals surface area contributed by atoms with Crippen LogP contribution < -0.4 is 9.64 Å². The van der Waals surface area contributed by atoms with E-state index in [0.717, 1.165) is 23.7 Å². The predicted octanol–water partition coefficient (Wildman–Crippen LogP) is 5.52. The molecular formula is C18H30F2N2OSi. The Morgan fingerprint density at radius 3 is 2.46 bits per heavy atom. The van der Waals surface area contributed by atoms with Crippen molar-refractivity contribution in [3.8, 4) is 5.75 Å². The number of alkyl halides is 2. The Balaban J connectivity index is 2.99. The van der Waals surface area contributed by atoms with Crippen LogP contribution in [0.1, 0.15) is 30.9 Å². The van der Waals surface area contributed by atoms with Gasteiger partial charge in [0, 0.05) is 27.4 Å². The number of anilines is 1. The summed E-state index contributed by atoms with van der Waals surface area (Å²) in [5.41, 5.74) is 1.60. The standard InChI is InChI=1S/C18H30F2N2OSi/c1-7-22(13-21-3)16-12-15(18(19)20)17(11-14(16)2)23-9-8-10-24(4,5)6/h11-13,18H,7-10H2,1-6H3. The highest BCUT2D eigenvalue weighted by atomic mass is 28.3. The first kappa shape index (κ1) is 20.6. The van der Waals surface area contributed by atoms with Gasteiger partial charge in [-0.05, 0) is 38.0 Å². The minimum absolute atomic E-state index is 0.0495. The molecule has 3 nitrogen and oxygen atoms in total. The van der Waals surface area contributed by atoms with Crippen LogP contribution in [-0.2, 0) is 0 Å². The number of nitrogens with zero attached hydrogens (tertiary/aromatic N) is 2. The average Bonchev–Trinajstić information content (AvgIpc) is 2.48. The van der Waals surface area contributed by atoms with Crippen molar-refractivity contribution in [1.29, 1.82) is 0 Å². The molecule has 6 heteroatoms. The summed E-state index contributed by atoms with van der Waals surface area (Å²) in [4.78, 5) is 5.85. The van der Waals surface area contributed by atoms with Crippen LogP contribution in [0, 0.1) is 6.92 Å². The summed E-state index contributed by atoms with van der Waals surface area (Å²) in [6, 6.07) is 4.38. The molecule has 0 bridgehead atoms. The van der Waals surface area contributed by atoms with Crippen LogP contribution in [0.2, 0.25) is 25.7 Å². The zero-order valence-corrected chi connectivity index (χ0v) is 16.7. The molecule has 1 aromatic carbocycles. The molecule has 0 saturated heterocycles. The Labute approximate surface area is 145 Å². The van der Waals surface area contributed by atoms with Crippen molar-refractivity contribution >= 4 is 20.1 Å². The largest absolute Gasteiger partial charge is 0.493 e. The van der Waals surface area contributed by atoms with Crippen LogP contribution in [0.4, 0.5) is 14.5 Å². The molecule has 0 N–H and O–H groups in total. The Kier molecular flexibility index (Phi) is 7.86. The van der Waals surface area contributed by atoms with E-state index >= 15 is 0 Å². The zero-order valence-electron chi connectivity index (χ0n) is 15.7. The van der Waals surface area contributed by atoms with Gasteiger partial charge in [-0.3, -0.25) is 4.99 Å².